The molecule has 2 heterocycles. The second kappa shape index (κ2) is 16.3. The highest BCUT2D eigenvalue weighted by Gasteiger charge is 2.14. The fourth-order valence-corrected chi connectivity index (χ4v) is 4.24. The summed E-state index contributed by atoms with van der Waals surface area (Å²) in [5.41, 5.74) is 2.65. The summed E-state index contributed by atoms with van der Waals surface area (Å²) in [6, 6.07) is 22.4. The van der Waals surface area contributed by atoms with Gasteiger partial charge >= 0.3 is 0 Å². The van der Waals surface area contributed by atoms with Gasteiger partial charge in [-0.15, -0.1) is 0 Å². The van der Waals surface area contributed by atoms with Crippen molar-refractivity contribution >= 4 is 35.4 Å². The van der Waals surface area contributed by atoms with E-state index in [9.17, 15) is 4.79 Å². The molecule has 0 spiro atoms. The van der Waals surface area contributed by atoms with E-state index in [1.54, 1.807) is 12.1 Å². The number of benzene rings is 3. The molecule has 0 bridgehead atoms. The van der Waals surface area contributed by atoms with Crippen LogP contribution in [0.2, 0.25) is 5.02 Å². The molecular formula is C31H34ClN7O5. The van der Waals surface area contributed by atoms with Gasteiger partial charge < -0.3 is 40.2 Å². The van der Waals surface area contributed by atoms with Crippen LogP contribution in [0.3, 0.4) is 0 Å². The van der Waals surface area contributed by atoms with Gasteiger partial charge in [-0.2, -0.15) is 15.0 Å². The van der Waals surface area contributed by atoms with Crippen LogP contribution in [-0.4, -0.2) is 67.2 Å². The summed E-state index contributed by atoms with van der Waals surface area (Å²) in [5.74, 6) is 2.56. The number of aromatic nitrogens is 3. The molecule has 0 unspecified atom stereocenters. The lowest BCUT2D eigenvalue weighted by Gasteiger charge is -2.12. The molecule has 1 aliphatic heterocycles. The summed E-state index contributed by atoms with van der Waals surface area (Å²) < 4.78 is 22.1. The second-order valence-corrected chi connectivity index (χ2v) is 10.0. The number of amides is 1. The maximum absolute atomic E-state index is 12.0. The monoisotopic (exact) mass is 619 g/mol. The van der Waals surface area contributed by atoms with Crippen molar-refractivity contribution in [3.05, 3.63) is 94.5 Å². The zero-order valence-electron chi connectivity index (χ0n) is 24.1. The molecule has 0 fully saturated rings. The van der Waals surface area contributed by atoms with Gasteiger partial charge in [-0.3, -0.25) is 4.79 Å². The molecule has 1 aromatic heterocycles. The third-order valence-electron chi connectivity index (χ3n) is 6.36. The SMILES string of the molecule is O=C(NCCOCCOCCNc1nc(NCc2ccc(Cl)cc2)nc(NCc2ccc3c(c2)OCO3)n1)c1ccccc1. The van der Waals surface area contributed by atoms with Gasteiger partial charge in [0.1, 0.15) is 0 Å². The number of nitrogens with zero attached hydrogens (tertiary/aromatic N) is 3. The molecule has 1 aliphatic rings. The minimum absolute atomic E-state index is 0.121. The Hall–Kier alpha value is -4.65. The van der Waals surface area contributed by atoms with Crippen LogP contribution in [0.1, 0.15) is 21.5 Å². The lowest BCUT2D eigenvalue weighted by atomic mass is 10.2. The van der Waals surface area contributed by atoms with E-state index in [1.165, 1.54) is 0 Å². The van der Waals surface area contributed by atoms with Crippen LogP contribution in [0, 0.1) is 0 Å². The first kappa shape index (κ1) is 30.8. The van der Waals surface area contributed by atoms with E-state index >= 15 is 0 Å². The Labute approximate surface area is 260 Å². The fourth-order valence-electron chi connectivity index (χ4n) is 4.11. The van der Waals surface area contributed by atoms with Crippen molar-refractivity contribution in [1.29, 1.82) is 0 Å². The van der Waals surface area contributed by atoms with Gasteiger partial charge in [0.05, 0.1) is 26.4 Å². The van der Waals surface area contributed by atoms with Crippen LogP contribution in [0.15, 0.2) is 72.8 Å². The summed E-state index contributed by atoms with van der Waals surface area (Å²) in [4.78, 5) is 25.6. The highest BCUT2D eigenvalue weighted by atomic mass is 35.5. The van der Waals surface area contributed by atoms with Gasteiger partial charge in [0, 0.05) is 36.8 Å². The number of nitrogens with one attached hydrogen (secondary N) is 4. The molecule has 0 radical (unpaired) electrons. The van der Waals surface area contributed by atoms with Crippen LogP contribution in [0.25, 0.3) is 0 Å². The van der Waals surface area contributed by atoms with Crippen LogP contribution in [-0.2, 0) is 22.6 Å². The summed E-state index contributed by atoms with van der Waals surface area (Å²) in [6.45, 7) is 3.79. The number of hydrogen-bond acceptors (Lipinski definition) is 11. The number of anilines is 3. The van der Waals surface area contributed by atoms with Crippen molar-refractivity contribution in [3.63, 3.8) is 0 Å². The van der Waals surface area contributed by atoms with Gasteiger partial charge in [0.15, 0.2) is 11.5 Å². The van der Waals surface area contributed by atoms with Crippen LogP contribution >= 0.6 is 11.6 Å². The largest absolute Gasteiger partial charge is 0.454 e. The molecule has 230 valence electrons. The molecule has 44 heavy (non-hydrogen) atoms. The average molecular weight is 620 g/mol. The lowest BCUT2D eigenvalue weighted by molar-refractivity contribution is 0.0519. The van der Waals surface area contributed by atoms with E-state index in [0.717, 1.165) is 16.9 Å². The Morgan fingerprint density at radius 1 is 0.705 bits per heavy atom. The molecule has 13 heteroatoms. The van der Waals surface area contributed by atoms with Crippen molar-refractivity contribution in [2.75, 3.05) is 62.3 Å². The Bertz CT molecular complexity index is 1490. The van der Waals surface area contributed by atoms with Gasteiger partial charge in [-0.05, 0) is 47.5 Å². The summed E-state index contributed by atoms with van der Waals surface area (Å²) in [6.07, 6.45) is 0. The molecule has 4 N–H and O–H groups in total. The van der Waals surface area contributed by atoms with Gasteiger partial charge in [0.2, 0.25) is 24.6 Å². The van der Waals surface area contributed by atoms with Crippen LogP contribution in [0.5, 0.6) is 11.5 Å². The molecule has 0 saturated heterocycles. The average Bonchev–Trinajstić information content (AvgIpc) is 3.53. The van der Waals surface area contributed by atoms with Crippen LogP contribution < -0.4 is 30.7 Å². The van der Waals surface area contributed by atoms with Crippen LogP contribution in [0.4, 0.5) is 17.8 Å². The number of carbonyl (C=O) groups is 1. The standard InChI is InChI=1S/C31H34ClN7O5/c32-25-9-6-22(7-10-25)19-35-30-37-29(38-31(39-30)36-20-23-8-11-26-27(18-23)44-21-43-26)34-13-15-42-17-16-41-14-12-33-28(40)24-4-2-1-3-5-24/h1-11,18H,12-17,19-21H2,(H,33,40)(H3,34,35,36,37,38,39). The van der Waals surface area contributed by atoms with E-state index in [0.29, 0.717) is 86.8 Å². The number of ether oxygens (including phenoxy) is 4. The minimum Gasteiger partial charge on any atom is -0.454 e. The molecule has 3 aromatic carbocycles. The van der Waals surface area contributed by atoms with E-state index in [1.807, 2.05) is 60.7 Å². The molecular weight excluding hydrogens is 586 g/mol. The fraction of sp³-hybridized carbons (Fsp3) is 0.290. The van der Waals surface area contributed by atoms with Crippen molar-refractivity contribution in [2.24, 2.45) is 0 Å². The Balaban J connectivity index is 1.05. The van der Waals surface area contributed by atoms with Gasteiger partial charge in [0.25, 0.3) is 5.91 Å². The molecule has 12 nitrogen and oxygen atoms in total. The third-order valence-corrected chi connectivity index (χ3v) is 6.61. The number of hydrogen-bond donors (Lipinski definition) is 4. The Morgan fingerprint density at radius 3 is 2.05 bits per heavy atom. The second-order valence-electron chi connectivity index (χ2n) is 9.60. The first-order chi connectivity index (χ1) is 21.6. The number of fused-ring (bicyclic) bond motifs is 1. The maximum atomic E-state index is 12.0. The first-order valence-corrected chi connectivity index (χ1v) is 14.6. The highest BCUT2D eigenvalue weighted by Crippen LogP contribution is 2.32. The highest BCUT2D eigenvalue weighted by molar-refractivity contribution is 6.30. The molecule has 0 saturated carbocycles. The Morgan fingerprint density at radius 2 is 1.32 bits per heavy atom. The van der Waals surface area contributed by atoms with Gasteiger partial charge in [-0.1, -0.05) is 48.0 Å². The zero-order valence-corrected chi connectivity index (χ0v) is 24.8. The van der Waals surface area contributed by atoms with Crippen molar-refractivity contribution in [3.8, 4) is 11.5 Å². The number of halogens is 1. The summed E-state index contributed by atoms with van der Waals surface area (Å²) in [5, 5.41) is 13.2. The Kier molecular flexibility index (Phi) is 11.4. The molecule has 5 rings (SSSR count). The van der Waals surface area contributed by atoms with E-state index in [2.05, 4.69) is 36.2 Å². The van der Waals surface area contributed by atoms with Crippen molar-refractivity contribution < 1.29 is 23.7 Å². The molecule has 0 aliphatic carbocycles. The number of carbonyl (C=O) groups excluding carboxylic acids is 1. The van der Waals surface area contributed by atoms with Crippen molar-refractivity contribution in [1.82, 2.24) is 20.3 Å². The van der Waals surface area contributed by atoms with E-state index in [-0.39, 0.29) is 12.7 Å². The predicted molar refractivity (Wildman–Crippen MR) is 167 cm³/mol. The third kappa shape index (κ3) is 9.69. The van der Waals surface area contributed by atoms with Crippen molar-refractivity contribution in [2.45, 2.75) is 13.1 Å². The number of rotatable bonds is 17. The smallest absolute Gasteiger partial charge is 0.251 e. The van der Waals surface area contributed by atoms with E-state index < -0.39 is 0 Å². The predicted octanol–water partition coefficient (Wildman–Crippen LogP) is 4.35. The zero-order chi connectivity index (χ0) is 30.4. The van der Waals surface area contributed by atoms with E-state index in [4.69, 9.17) is 30.5 Å². The van der Waals surface area contributed by atoms with Gasteiger partial charge in [-0.25, -0.2) is 0 Å². The topological polar surface area (TPSA) is 141 Å². The lowest BCUT2D eigenvalue weighted by Crippen LogP contribution is -2.27. The summed E-state index contributed by atoms with van der Waals surface area (Å²) >= 11 is 6.01. The summed E-state index contributed by atoms with van der Waals surface area (Å²) in [7, 11) is 0. The normalized spacial score (nSPS) is 11.7. The molecule has 0 atom stereocenters. The quantitative estimate of drug-likeness (QED) is 0.125. The first-order valence-electron chi connectivity index (χ1n) is 14.2. The minimum atomic E-state index is -0.121. The molecule has 1 amide bonds. The molecule has 4 aromatic rings. The maximum Gasteiger partial charge on any atom is 0.251 e.